The van der Waals surface area contributed by atoms with Gasteiger partial charge in [-0.1, -0.05) is 18.2 Å². The lowest BCUT2D eigenvalue weighted by Crippen LogP contribution is -2.40. The Kier molecular flexibility index (Phi) is 7.70. The van der Waals surface area contributed by atoms with Crippen molar-refractivity contribution >= 4 is 11.9 Å². The van der Waals surface area contributed by atoms with Gasteiger partial charge in [-0.05, 0) is 31.5 Å². The highest BCUT2D eigenvalue weighted by Crippen LogP contribution is 2.13. The van der Waals surface area contributed by atoms with E-state index in [9.17, 15) is 9.59 Å². The Bertz CT molecular complexity index is 527. The molecule has 22 heavy (non-hydrogen) atoms. The van der Waals surface area contributed by atoms with E-state index in [4.69, 9.17) is 14.6 Å². The summed E-state index contributed by atoms with van der Waals surface area (Å²) in [5, 5.41) is 11.6. The molecular formula is C16H21NO5. The van der Waals surface area contributed by atoms with E-state index in [0.717, 1.165) is 0 Å². The van der Waals surface area contributed by atoms with Gasteiger partial charge in [-0.15, -0.1) is 0 Å². The first-order valence-corrected chi connectivity index (χ1v) is 6.95. The minimum Gasteiger partial charge on any atom is -0.491 e. The number of amides is 1. The lowest BCUT2D eigenvalue weighted by atomic mass is 10.1. The van der Waals surface area contributed by atoms with Crippen molar-refractivity contribution in [2.75, 3.05) is 20.3 Å². The Morgan fingerprint density at radius 1 is 1.36 bits per heavy atom. The minimum absolute atomic E-state index is 0.238. The summed E-state index contributed by atoms with van der Waals surface area (Å²) >= 11 is 0. The maximum absolute atomic E-state index is 12.1. The van der Waals surface area contributed by atoms with Crippen LogP contribution < -0.4 is 10.1 Å². The van der Waals surface area contributed by atoms with Gasteiger partial charge in [0.05, 0.1) is 6.61 Å². The predicted molar refractivity (Wildman–Crippen MR) is 82.1 cm³/mol. The number of hydrogen-bond acceptors (Lipinski definition) is 4. The van der Waals surface area contributed by atoms with Crippen molar-refractivity contribution in [2.24, 2.45) is 0 Å². The Morgan fingerprint density at radius 3 is 2.77 bits per heavy atom. The molecule has 0 heterocycles. The third-order valence-electron chi connectivity index (χ3n) is 2.86. The Labute approximate surface area is 129 Å². The van der Waals surface area contributed by atoms with Crippen LogP contribution in [-0.2, 0) is 9.53 Å². The molecule has 6 heteroatoms. The second-order valence-electron chi connectivity index (χ2n) is 4.54. The second-order valence-corrected chi connectivity index (χ2v) is 4.54. The number of hydrogen-bond donors (Lipinski definition) is 2. The Morgan fingerprint density at radius 2 is 2.14 bits per heavy atom. The number of methoxy groups -OCH3 is 1. The zero-order valence-electron chi connectivity index (χ0n) is 12.7. The molecule has 0 aliphatic heterocycles. The molecule has 6 nitrogen and oxygen atoms in total. The van der Waals surface area contributed by atoms with Gasteiger partial charge in [0.2, 0.25) is 0 Å². The normalized spacial score (nSPS) is 12.1. The Balaban J connectivity index is 2.71. The van der Waals surface area contributed by atoms with Crippen LogP contribution in [0.1, 0.15) is 23.7 Å². The summed E-state index contributed by atoms with van der Waals surface area (Å²) in [6.07, 6.45) is 3.68. The first-order valence-electron chi connectivity index (χ1n) is 6.95. The van der Waals surface area contributed by atoms with Gasteiger partial charge in [-0.3, -0.25) is 4.79 Å². The van der Waals surface area contributed by atoms with Crippen LogP contribution in [0.3, 0.4) is 0 Å². The van der Waals surface area contributed by atoms with Crippen molar-refractivity contribution < 1.29 is 24.2 Å². The van der Waals surface area contributed by atoms with E-state index >= 15 is 0 Å². The smallest absolute Gasteiger partial charge is 0.326 e. The molecule has 1 unspecified atom stereocenters. The van der Waals surface area contributed by atoms with Crippen LogP contribution in [0.5, 0.6) is 5.75 Å². The molecule has 120 valence electrons. The van der Waals surface area contributed by atoms with Gasteiger partial charge in [-0.2, -0.15) is 0 Å². The van der Waals surface area contributed by atoms with Crippen molar-refractivity contribution in [3.63, 3.8) is 0 Å². The molecule has 1 aromatic carbocycles. The molecule has 1 aromatic rings. The van der Waals surface area contributed by atoms with Crippen molar-refractivity contribution in [3.8, 4) is 5.75 Å². The number of ether oxygens (including phenoxy) is 2. The maximum atomic E-state index is 12.1. The predicted octanol–water partition coefficient (Wildman–Crippen LogP) is 1.86. The van der Waals surface area contributed by atoms with Crippen LogP contribution in [-0.4, -0.2) is 43.3 Å². The van der Waals surface area contributed by atoms with Crippen LogP contribution in [0.25, 0.3) is 0 Å². The van der Waals surface area contributed by atoms with Gasteiger partial charge >= 0.3 is 5.97 Å². The first-order chi connectivity index (χ1) is 10.6. The molecule has 0 spiro atoms. The number of nitrogens with one attached hydrogen (secondary N) is 1. The fourth-order valence-corrected chi connectivity index (χ4v) is 1.71. The van der Waals surface area contributed by atoms with Gasteiger partial charge in [0, 0.05) is 12.7 Å². The third-order valence-corrected chi connectivity index (χ3v) is 2.86. The zero-order chi connectivity index (χ0) is 16.4. The summed E-state index contributed by atoms with van der Waals surface area (Å²) in [4.78, 5) is 23.3. The summed E-state index contributed by atoms with van der Waals surface area (Å²) in [5.74, 6) is -0.988. The minimum atomic E-state index is -1.07. The first kappa shape index (κ1) is 17.7. The molecule has 0 saturated carbocycles. The maximum Gasteiger partial charge on any atom is 0.326 e. The second kappa shape index (κ2) is 9.57. The average molecular weight is 307 g/mol. The number of aliphatic carboxylic acids is 1. The van der Waals surface area contributed by atoms with E-state index in [-0.39, 0.29) is 6.42 Å². The topological polar surface area (TPSA) is 84.9 Å². The quantitative estimate of drug-likeness (QED) is 0.537. The number of carbonyl (C=O) groups is 2. The van der Waals surface area contributed by atoms with Crippen LogP contribution in [0.2, 0.25) is 0 Å². The van der Waals surface area contributed by atoms with E-state index in [0.29, 0.717) is 24.5 Å². The molecule has 0 fully saturated rings. The van der Waals surface area contributed by atoms with Crippen molar-refractivity contribution in [2.45, 2.75) is 19.4 Å². The van der Waals surface area contributed by atoms with Gasteiger partial charge in [-0.25, -0.2) is 4.79 Å². The van der Waals surface area contributed by atoms with Crippen molar-refractivity contribution in [1.29, 1.82) is 0 Å². The summed E-state index contributed by atoms with van der Waals surface area (Å²) < 4.78 is 10.3. The highest BCUT2D eigenvalue weighted by atomic mass is 16.5. The standard InChI is InChI=1S/C16H21NO5/c1-3-4-8-14(16(19)20)17-15(18)12-6-5-7-13(11-12)22-10-9-21-2/h3-7,11,14H,8-10H2,1-2H3,(H,17,18)(H,19,20)/b4-3+. The van der Waals surface area contributed by atoms with E-state index in [1.54, 1.807) is 50.5 Å². The van der Waals surface area contributed by atoms with Crippen LogP contribution in [0.4, 0.5) is 0 Å². The van der Waals surface area contributed by atoms with Gasteiger partial charge in [0.25, 0.3) is 5.91 Å². The van der Waals surface area contributed by atoms with Gasteiger partial charge in [0.15, 0.2) is 0 Å². The highest BCUT2D eigenvalue weighted by Gasteiger charge is 2.19. The van der Waals surface area contributed by atoms with Crippen LogP contribution in [0.15, 0.2) is 36.4 Å². The van der Waals surface area contributed by atoms with E-state index in [2.05, 4.69) is 5.32 Å². The van der Waals surface area contributed by atoms with Crippen LogP contribution in [0, 0.1) is 0 Å². The number of rotatable bonds is 9. The number of carbonyl (C=O) groups excluding carboxylic acids is 1. The monoisotopic (exact) mass is 307 g/mol. The average Bonchev–Trinajstić information content (AvgIpc) is 2.51. The molecule has 0 aliphatic rings. The molecule has 0 saturated heterocycles. The summed E-state index contributed by atoms with van der Waals surface area (Å²) in [6, 6.07) is 5.62. The molecule has 0 aliphatic carbocycles. The molecule has 0 bridgehead atoms. The van der Waals surface area contributed by atoms with E-state index in [1.165, 1.54) is 0 Å². The molecule has 0 radical (unpaired) electrons. The molecule has 2 N–H and O–H groups in total. The largest absolute Gasteiger partial charge is 0.491 e. The van der Waals surface area contributed by atoms with Gasteiger partial charge < -0.3 is 19.9 Å². The number of carboxylic acid groups (broad SMARTS) is 1. The number of benzene rings is 1. The Hall–Kier alpha value is -2.34. The molecule has 1 rings (SSSR count). The molecule has 1 amide bonds. The van der Waals surface area contributed by atoms with E-state index in [1.807, 2.05) is 0 Å². The van der Waals surface area contributed by atoms with Gasteiger partial charge in [0.1, 0.15) is 18.4 Å². The van der Waals surface area contributed by atoms with Crippen molar-refractivity contribution in [3.05, 3.63) is 42.0 Å². The lowest BCUT2D eigenvalue weighted by Gasteiger charge is -2.13. The number of allylic oxidation sites excluding steroid dienone is 1. The van der Waals surface area contributed by atoms with Crippen molar-refractivity contribution in [1.82, 2.24) is 5.32 Å². The van der Waals surface area contributed by atoms with E-state index < -0.39 is 17.9 Å². The summed E-state index contributed by atoms with van der Waals surface area (Å²) in [5.41, 5.74) is 0.349. The summed E-state index contributed by atoms with van der Waals surface area (Å²) in [6.45, 7) is 2.61. The highest BCUT2D eigenvalue weighted by molar-refractivity contribution is 5.96. The SMILES string of the molecule is C/C=C/CC(NC(=O)c1cccc(OCCOC)c1)C(=O)O. The third kappa shape index (κ3) is 5.97. The molecule has 1 atom stereocenters. The fourth-order valence-electron chi connectivity index (χ4n) is 1.71. The fraction of sp³-hybridized carbons (Fsp3) is 0.375. The number of carboxylic acids is 1. The molecular weight excluding hydrogens is 286 g/mol. The zero-order valence-corrected chi connectivity index (χ0v) is 12.7. The lowest BCUT2D eigenvalue weighted by molar-refractivity contribution is -0.139. The summed E-state index contributed by atoms with van der Waals surface area (Å²) in [7, 11) is 1.57. The van der Waals surface area contributed by atoms with Crippen LogP contribution >= 0.6 is 0 Å². The molecule has 0 aromatic heterocycles.